The Hall–Kier alpha value is -3.98. The van der Waals surface area contributed by atoms with Crippen LogP contribution in [0.25, 0.3) is 11.4 Å². The molecule has 1 saturated heterocycles. The third kappa shape index (κ3) is 6.24. The first-order valence-electron chi connectivity index (χ1n) is 12.6. The van der Waals surface area contributed by atoms with Gasteiger partial charge in [-0.15, -0.1) is 0 Å². The van der Waals surface area contributed by atoms with Crippen LogP contribution in [0.2, 0.25) is 0 Å². The van der Waals surface area contributed by atoms with Crippen LogP contribution in [0.4, 0.5) is 0 Å². The number of carbonyl (C=O) groups is 1. The predicted octanol–water partition coefficient (Wildman–Crippen LogP) is 3.83. The standard InChI is InChI=1S/C28H32N6O3/c1-20-29-13-16-34(20)18-22-5-3-21(4-6-22)17-30-28(35)24-11-14-33(15-12-24)19-26-31-27(32-37-26)23-7-9-25(36-2)10-8-23/h3-10,13,16,24H,11-12,14-15,17-19H2,1-2H3,(H,30,35). The van der Waals surface area contributed by atoms with Crippen molar-refractivity contribution in [2.75, 3.05) is 20.2 Å². The van der Waals surface area contributed by atoms with Crippen LogP contribution in [-0.4, -0.2) is 50.7 Å². The average Bonchev–Trinajstić information content (AvgIpc) is 3.57. The minimum absolute atomic E-state index is 0.0253. The van der Waals surface area contributed by atoms with Crippen LogP contribution in [0.3, 0.4) is 0 Å². The smallest absolute Gasteiger partial charge is 0.241 e. The topological polar surface area (TPSA) is 98.3 Å². The van der Waals surface area contributed by atoms with Gasteiger partial charge in [0.2, 0.25) is 17.6 Å². The van der Waals surface area contributed by atoms with Crippen molar-refractivity contribution in [2.45, 2.75) is 39.4 Å². The molecule has 0 saturated carbocycles. The summed E-state index contributed by atoms with van der Waals surface area (Å²) in [6, 6.07) is 15.9. The molecule has 0 spiro atoms. The Bertz CT molecular complexity index is 1300. The summed E-state index contributed by atoms with van der Waals surface area (Å²) in [6.07, 6.45) is 5.42. The lowest BCUT2D eigenvalue weighted by atomic mass is 9.96. The highest BCUT2D eigenvalue weighted by Gasteiger charge is 2.26. The van der Waals surface area contributed by atoms with Crippen molar-refractivity contribution in [3.8, 4) is 17.1 Å². The van der Waals surface area contributed by atoms with Gasteiger partial charge in [0, 0.05) is 37.0 Å². The summed E-state index contributed by atoms with van der Waals surface area (Å²) in [6.45, 7) is 5.56. The van der Waals surface area contributed by atoms with Crippen molar-refractivity contribution in [1.29, 1.82) is 0 Å². The number of amides is 1. The fourth-order valence-corrected chi connectivity index (χ4v) is 4.58. The third-order valence-corrected chi connectivity index (χ3v) is 6.90. The SMILES string of the molecule is COc1ccc(-c2noc(CN3CCC(C(=O)NCc4ccc(Cn5ccnc5C)cc4)CC3)n2)cc1. The van der Waals surface area contributed by atoms with Crippen LogP contribution in [0.1, 0.15) is 35.7 Å². The molecule has 1 fully saturated rings. The summed E-state index contributed by atoms with van der Waals surface area (Å²) in [5, 5.41) is 7.22. The molecule has 1 N–H and O–H groups in total. The largest absolute Gasteiger partial charge is 0.497 e. The van der Waals surface area contributed by atoms with Gasteiger partial charge in [-0.1, -0.05) is 29.4 Å². The summed E-state index contributed by atoms with van der Waals surface area (Å²) >= 11 is 0. The third-order valence-electron chi connectivity index (χ3n) is 6.90. The number of piperidine rings is 1. The molecule has 9 heteroatoms. The molecule has 3 heterocycles. The number of carbonyl (C=O) groups excluding carboxylic acids is 1. The molecule has 0 radical (unpaired) electrons. The Morgan fingerprint density at radius 3 is 2.46 bits per heavy atom. The number of imidazole rings is 1. The van der Waals surface area contributed by atoms with Crippen LogP contribution in [-0.2, 0) is 24.4 Å². The van der Waals surface area contributed by atoms with Gasteiger partial charge in [-0.2, -0.15) is 4.98 Å². The van der Waals surface area contributed by atoms with E-state index in [1.807, 2.05) is 43.6 Å². The number of aryl methyl sites for hydroxylation is 1. The molecule has 37 heavy (non-hydrogen) atoms. The van der Waals surface area contributed by atoms with E-state index in [9.17, 15) is 4.79 Å². The molecule has 192 valence electrons. The number of benzene rings is 2. The Morgan fingerprint density at radius 2 is 1.78 bits per heavy atom. The highest BCUT2D eigenvalue weighted by Crippen LogP contribution is 2.22. The number of ether oxygens (including phenoxy) is 1. The number of nitrogens with one attached hydrogen (secondary N) is 1. The molecule has 2 aromatic heterocycles. The minimum atomic E-state index is 0.0253. The molecule has 2 aromatic carbocycles. The van der Waals surface area contributed by atoms with Crippen LogP contribution < -0.4 is 10.1 Å². The Kier molecular flexibility index (Phi) is 7.60. The molecular weight excluding hydrogens is 468 g/mol. The molecule has 0 unspecified atom stereocenters. The maximum atomic E-state index is 12.8. The first kappa shape index (κ1) is 24.7. The number of hydrogen-bond donors (Lipinski definition) is 1. The number of aromatic nitrogens is 4. The van der Waals surface area contributed by atoms with E-state index < -0.39 is 0 Å². The lowest BCUT2D eigenvalue weighted by molar-refractivity contribution is -0.126. The number of nitrogens with zero attached hydrogens (tertiary/aromatic N) is 5. The van der Waals surface area contributed by atoms with E-state index in [1.165, 1.54) is 5.56 Å². The summed E-state index contributed by atoms with van der Waals surface area (Å²) in [4.78, 5) is 23.8. The van der Waals surface area contributed by atoms with Gasteiger partial charge >= 0.3 is 0 Å². The maximum Gasteiger partial charge on any atom is 0.241 e. The lowest BCUT2D eigenvalue weighted by Gasteiger charge is -2.30. The summed E-state index contributed by atoms with van der Waals surface area (Å²) < 4.78 is 12.8. The highest BCUT2D eigenvalue weighted by molar-refractivity contribution is 5.78. The van der Waals surface area contributed by atoms with Gasteiger partial charge in [0.1, 0.15) is 11.6 Å². The van der Waals surface area contributed by atoms with Crippen molar-refractivity contribution in [3.63, 3.8) is 0 Å². The Morgan fingerprint density at radius 1 is 1.05 bits per heavy atom. The van der Waals surface area contributed by atoms with Gasteiger partial charge < -0.3 is 19.1 Å². The second-order valence-corrected chi connectivity index (χ2v) is 9.43. The van der Waals surface area contributed by atoms with Crippen LogP contribution in [0.5, 0.6) is 5.75 Å². The van der Waals surface area contributed by atoms with Gasteiger partial charge in [-0.3, -0.25) is 9.69 Å². The van der Waals surface area contributed by atoms with E-state index in [-0.39, 0.29) is 11.8 Å². The number of likely N-dealkylation sites (tertiary alicyclic amines) is 1. The molecule has 0 atom stereocenters. The monoisotopic (exact) mass is 500 g/mol. The van der Waals surface area contributed by atoms with Crippen LogP contribution in [0.15, 0.2) is 65.4 Å². The second-order valence-electron chi connectivity index (χ2n) is 9.43. The summed E-state index contributed by atoms with van der Waals surface area (Å²) in [5.41, 5.74) is 3.19. The molecule has 1 aliphatic heterocycles. The normalized spacial score (nSPS) is 14.5. The number of rotatable bonds is 9. The van der Waals surface area contributed by atoms with Gasteiger partial charge in [0.25, 0.3) is 0 Å². The number of methoxy groups -OCH3 is 1. The van der Waals surface area contributed by atoms with Crippen molar-refractivity contribution in [2.24, 2.45) is 5.92 Å². The van der Waals surface area contributed by atoms with Crippen molar-refractivity contribution >= 4 is 5.91 Å². The zero-order chi connectivity index (χ0) is 25.6. The predicted molar refractivity (Wildman–Crippen MR) is 139 cm³/mol. The van der Waals surface area contributed by atoms with Gasteiger partial charge in [0.05, 0.1) is 13.7 Å². The maximum absolute atomic E-state index is 12.8. The van der Waals surface area contributed by atoms with E-state index in [0.29, 0.717) is 24.8 Å². The van der Waals surface area contributed by atoms with Gasteiger partial charge in [-0.05, 0) is 68.2 Å². The fourth-order valence-electron chi connectivity index (χ4n) is 4.58. The van der Waals surface area contributed by atoms with E-state index in [4.69, 9.17) is 9.26 Å². The zero-order valence-electron chi connectivity index (χ0n) is 21.3. The molecule has 0 bridgehead atoms. The van der Waals surface area contributed by atoms with E-state index in [2.05, 4.69) is 54.2 Å². The first-order valence-corrected chi connectivity index (χ1v) is 12.6. The molecule has 4 aromatic rings. The summed E-state index contributed by atoms with van der Waals surface area (Å²) in [5.74, 6) is 3.08. The first-order chi connectivity index (χ1) is 18.1. The zero-order valence-corrected chi connectivity index (χ0v) is 21.3. The van der Waals surface area contributed by atoms with Gasteiger partial charge in [-0.25, -0.2) is 4.98 Å². The van der Waals surface area contributed by atoms with E-state index >= 15 is 0 Å². The van der Waals surface area contributed by atoms with Crippen molar-refractivity contribution in [1.82, 2.24) is 29.9 Å². The van der Waals surface area contributed by atoms with Crippen LogP contribution >= 0.6 is 0 Å². The second kappa shape index (κ2) is 11.4. The highest BCUT2D eigenvalue weighted by atomic mass is 16.5. The molecular formula is C28H32N6O3. The average molecular weight is 501 g/mol. The van der Waals surface area contributed by atoms with Crippen molar-refractivity contribution in [3.05, 3.63) is 83.8 Å². The van der Waals surface area contributed by atoms with Gasteiger partial charge in [0.15, 0.2) is 0 Å². The van der Waals surface area contributed by atoms with E-state index in [0.717, 1.165) is 55.2 Å². The minimum Gasteiger partial charge on any atom is -0.497 e. The quantitative estimate of drug-likeness (QED) is 0.373. The Labute approximate surface area is 216 Å². The lowest BCUT2D eigenvalue weighted by Crippen LogP contribution is -2.40. The molecule has 5 rings (SSSR count). The molecule has 1 amide bonds. The molecule has 0 aliphatic carbocycles. The van der Waals surface area contributed by atoms with Crippen molar-refractivity contribution < 1.29 is 14.1 Å². The summed E-state index contributed by atoms with van der Waals surface area (Å²) in [7, 11) is 1.64. The van der Waals surface area contributed by atoms with E-state index in [1.54, 1.807) is 7.11 Å². The fraction of sp³-hybridized carbons (Fsp3) is 0.357. The Balaban J connectivity index is 1.05. The molecule has 9 nitrogen and oxygen atoms in total. The molecule has 1 aliphatic rings. The number of hydrogen-bond acceptors (Lipinski definition) is 7. The van der Waals surface area contributed by atoms with Crippen LogP contribution in [0, 0.1) is 12.8 Å².